The zero-order chi connectivity index (χ0) is 20.1. The Morgan fingerprint density at radius 2 is 2.24 bits per heavy atom. The van der Waals surface area contributed by atoms with E-state index in [2.05, 4.69) is 26.8 Å². The molecule has 29 heavy (non-hydrogen) atoms. The number of nitrogens with zero attached hydrogens (tertiary/aromatic N) is 3. The molecule has 0 bridgehead atoms. The number of nitrogens with one attached hydrogen (secondary N) is 1. The Morgan fingerprint density at radius 1 is 1.31 bits per heavy atom. The van der Waals surface area contributed by atoms with Crippen LogP contribution in [0.1, 0.15) is 25.7 Å². The summed E-state index contributed by atoms with van der Waals surface area (Å²) in [5.41, 5.74) is 2.96. The lowest BCUT2D eigenvalue weighted by atomic mass is 9.86. The smallest absolute Gasteiger partial charge is 0.223 e. The van der Waals surface area contributed by atoms with Crippen molar-refractivity contribution in [1.29, 1.82) is 0 Å². The zero-order valence-electron chi connectivity index (χ0n) is 16.6. The van der Waals surface area contributed by atoms with E-state index in [-0.39, 0.29) is 17.9 Å². The van der Waals surface area contributed by atoms with Crippen molar-refractivity contribution in [3.63, 3.8) is 0 Å². The molecule has 2 atom stereocenters. The number of amides is 1. The monoisotopic (exact) mass is 410 g/mol. The van der Waals surface area contributed by atoms with E-state index in [1.807, 2.05) is 35.1 Å². The maximum atomic E-state index is 12.6. The fraction of sp³-hybridized carbons (Fsp3) is 0.409. The van der Waals surface area contributed by atoms with Gasteiger partial charge in [0.2, 0.25) is 5.91 Å². The molecule has 152 valence electrons. The topological polar surface area (TPSA) is 69.0 Å². The van der Waals surface area contributed by atoms with Crippen molar-refractivity contribution < 1.29 is 9.53 Å². The van der Waals surface area contributed by atoms with Gasteiger partial charge in [0.25, 0.3) is 0 Å². The minimum atomic E-state index is 0.0483. The molecule has 0 aliphatic heterocycles. The van der Waals surface area contributed by atoms with Crippen LogP contribution in [0.3, 0.4) is 0 Å². The Bertz CT molecular complexity index is 924. The first-order valence-electron chi connectivity index (χ1n) is 10.1. The number of aromatic nitrogens is 3. The molecule has 0 spiro atoms. The zero-order valence-corrected chi connectivity index (χ0v) is 17.4. The highest BCUT2D eigenvalue weighted by Gasteiger charge is 2.27. The van der Waals surface area contributed by atoms with Crippen LogP contribution in [0, 0.1) is 5.92 Å². The molecular weight excluding hydrogens is 384 g/mol. The highest BCUT2D eigenvalue weighted by atomic mass is 32.1. The first-order chi connectivity index (χ1) is 14.3. The second kappa shape index (κ2) is 9.33. The Morgan fingerprint density at radius 3 is 3.00 bits per heavy atom. The van der Waals surface area contributed by atoms with Crippen LogP contribution in [0.2, 0.25) is 0 Å². The predicted molar refractivity (Wildman–Crippen MR) is 115 cm³/mol. The van der Waals surface area contributed by atoms with E-state index < -0.39 is 0 Å². The second-order valence-electron chi connectivity index (χ2n) is 7.33. The minimum Gasteiger partial charge on any atom is -0.381 e. The van der Waals surface area contributed by atoms with E-state index in [9.17, 15) is 4.79 Å². The third kappa shape index (κ3) is 4.57. The maximum absolute atomic E-state index is 12.6. The van der Waals surface area contributed by atoms with E-state index in [1.54, 1.807) is 24.6 Å². The lowest BCUT2D eigenvalue weighted by molar-refractivity contribution is -0.127. The molecule has 1 saturated carbocycles. The van der Waals surface area contributed by atoms with Gasteiger partial charge >= 0.3 is 0 Å². The molecule has 0 unspecified atom stereocenters. The van der Waals surface area contributed by atoms with Gasteiger partial charge in [-0.05, 0) is 42.8 Å². The number of hydrogen-bond donors (Lipinski definition) is 1. The van der Waals surface area contributed by atoms with Gasteiger partial charge in [-0.3, -0.25) is 14.5 Å². The average molecular weight is 411 g/mol. The van der Waals surface area contributed by atoms with Gasteiger partial charge in [0, 0.05) is 31.3 Å². The van der Waals surface area contributed by atoms with Crippen molar-refractivity contribution in [2.75, 3.05) is 13.7 Å². The van der Waals surface area contributed by atoms with Crippen LogP contribution >= 0.6 is 11.3 Å². The molecule has 0 aromatic carbocycles. The largest absolute Gasteiger partial charge is 0.381 e. The van der Waals surface area contributed by atoms with Gasteiger partial charge in [0.05, 0.1) is 35.1 Å². The van der Waals surface area contributed by atoms with Gasteiger partial charge in [-0.2, -0.15) is 5.10 Å². The highest BCUT2D eigenvalue weighted by molar-refractivity contribution is 7.13. The summed E-state index contributed by atoms with van der Waals surface area (Å²) in [7, 11) is 1.73. The summed E-state index contributed by atoms with van der Waals surface area (Å²) in [5.74, 6) is 0.175. The van der Waals surface area contributed by atoms with Crippen LogP contribution in [0.25, 0.3) is 21.8 Å². The van der Waals surface area contributed by atoms with Gasteiger partial charge in [0.1, 0.15) is 0 Å². The molecule has 0 radical (unpaired) electrons. The molecule has 3 heterocycles. The van der Waals surface area contributed by atoms with Crippen molar-refractivity contribution in [3.05, 3.63) is 48.1 Å². The first-order valence-corrected chi connectivity index (χ1v) is 11.0. The number of pyridine rings is 1. The summed E-state index contributed by atoms with van der Waals surface area (Å²) in [6, 6.07) is 10.0. The van der Waals surface area contributed by atoms with E-state index in [1.165, 1.54) is 0 Å². The van der Waals surface area contributed by atoms with Gasteiger partial charge in [-0.25, -0.2) is 0 Å². The molecule has 1 fully saturated rings. The molecule has 1 aliphatic rings. The van der Waals surface area contributed by atoms with Crippen LogP contribution < -0.4 is 5.32 Å². The summed E-state index contributed by atoms with van der Waals surface area (Å²) in [5, 5.41) is 9.76. The van der Waals surface area contributed by atoms with Crippen LogP contribution in [0.5, 0.6) is 0 Å². The van der Waals surface area contributed by atoms with Crippen molar-refractivity contribution in [2.24, 2.45) is 5.92 Å². The van der Waals surface area contributed by atoms with E-state index in [0.29, 0.717) is 13.1 Å². The normalized spacial score (nSPS) is 19.2. The number of carbonyl (C=O) groups is 1. The quantitative estimate of drug-likeness (QED) is 0.639. The van der Waals surface area contributed by atoms with E-state index >= 15 is 0 Å². The van der Waals surface area contributed by atoms with Gasteiger partial charge in [0.15, 0.2) is 0 Å². The summed E-state index contributed by atoms with van der Waals surface area (Å²) in [6.45, 7) is 1.17. The summed E-state index contributed by atoms with van der Waals surface area (Å²) in [6.07, 6.45) is 7.72. The van der Waals surface area contributed by atoms with Gasteiger partial charge in [-0.1, -0.05) is 18.6 Å². The number of rotatable bonds is 7. The summed E-state index contributed by atoms with van der Waals surface area (Å²) >= 11 is 1.68. The Labute approximate surface area is 174 Å². The minimum absolute atomic E-state index is 0.0483. The molecule has 7 heteroatoms. The van der Waals surface area contributed by atoms with E-state index in [0.717, 1.165) is 47.5 Å². The predicted octanol–water partition coefficient (Wildman–Crippen LogP) is 4.00. The van der Waals surface area contributed by atoms with Crippen molar-refractivity contribution in [3.8, 4) is 21.8 Å². The molecule has 3 aromatic heterocycles. The highest BCUT2D eigenvalue weighted by Crippen LogP contribution is 2.33. The molecule has 1 aliphatic carbocycles. The second-order valence-corrected chi connectivity index (χ2v) is 8.28. The molecule has 1 amide bonds. The van der Waals surface area contributed by atoms with Gasteiger partial charge < -0.3 is 10.1 Å². The number of ether oxygens (including phenoxy) is 1. The summed E-state index contributed by atoms with van der Waals surface area (Å²) in [4.78, 5) is 18.2. The molecule has 1 N–H and O–H groups in total. The van der Waals surface area contributed by atoms with Gasteiger partial charge in [-0.15, -0.1) is 11.3 Å². The molecule has 3 aromatic rings. The number of thiophene rings is 1. The Kier molecular flexibility index (Phi) is 6.36. The number of methoxy groups -OCH3 is 1. The SMILES string of the molecule is CO[C@@H]1CCC[C@@H](C(=O)NCCn2ncc(-c3ccccn3)c2-c2cccs2)C1. The molecule has 4 rings (SSSR count). The van der Waals surface area contributed by atoms with Crippen LogP contribution in [0.15, 0.2) is 48.1 Å². The van der Waals surface area contributed by atoms with E-state index in [4.69, 9.17) is 4.74 Å². The lowest BCUT2D eigenvalue weighted by Gasteiger charge is -2.27. The lowest BCUT2D eigenvalue weighted by Crippen LogP contribution is -2.37. The molecule has 6 nitrogen and oxygen atoms in total. The standard InChI is InChI=1S/C22H26N4O2S/c1-28-17-7-4-6-16(14-17)22(27)24-11-12-26-21(20-9-5-13-29-20)18(15-25-26)19-8-2-3-10-23-19/h2-3,5,8-10,13,15-17H,4,6-7,11-12,14H2,1H3,(H,24,27)/t16-,17-/m1/s1. The maximum Gasteiger partial charge on any atom is 0.223 e. The van der Waals surface area contributed by atoms with Crippen LogP contribution in [-0.2, 0) is 16.1 Å². The molecular formula is C22H26N4O2S. The summed E-state index contributed by atoms with van der Waals surface area (Å²) < 4.78 is 7.42. The van der Waals surface area contributed by atoms with Crippen molar-refractivity contribution in [2.45, 2.75) is 38.3 Å². The number of carbonyl (C=O) groups excluding carboxylic acids is 1. The third-order valence-corrected chi connectivity index (χ3v) is 6.36. The fourth-order valence-electron chi connectivity index (χ4n) is 3.96. The van der Waals surface area contributed by atoms with Crippen molar-refractivity contribution >= 4 is 17.2 Å². The molecule has 0 saturated heterocycles. The van der Waals surface area contributed by atoms with Crippen LogP contribution in [-0.4, -0.2) is 40.4 Å². The number of hydrogen-bond acceptors (Lipinski definition) is 5. The first kappa shape index (κ1) is 19.8. The Balaban J connectivity index is 1.45. The Hall–Kier alpha value is -2.51. The van der Waals surface area contributed by atoms with Crippen LogP contribution in [0.4, 0.5) is 0 Å². The fourth-order valence-corrected chi connectivity index (χ4v) is 4.75. The third-order valence-electron chi connectivity index (χ3n) is 5.49. The van der Waals surface area contributed by atoms with Crippen molar-refractivity contribution in [1.82, 2.24) is 20.1 Å². The average Bonchev–Trinajstić information content (AvgIpc) is 3.44.